The van der Waals surface area contributed by atoms with E-state index in [2.05, 4.69) is 0 Å². The van der Waals surface area contributed by atoms with Gasteiger partial charge in [0.1, 0.15) is 11.5 Å². The van der Waals surface area contributed by atoms with Gasteiger partial charge in [-0.2, -0.15) is 0 Å². The number of benzene rings is 2. The molecule has 5 nitrogen and oxygen atoms in total. The van der Waals surface area contributed by atoms with Crippen molar-refractivity contribution in [2.24, 2.45) is 0 Å². The van der Waals surface area contributed by atoms with Crippen LogP contribution in [0.2, 0.25) is 0 Å². The lowest BCUT2D eigenvalue weighted by atomic mass is 10.1. The van der Waals surface area contributed by atoms with Gasteiger partial charge < -0.3 is 14.6 Å². The number of Topliss-reactive ketones (excluding diaryl/α,β-unsaturated/α-hetero) is 1. The molecule has 1 N–H and O–H groups in total. The molecule has 0 aromatic heterocycles. The van der Waals surface area contributed by atoms with E-state index in [0.717, 1.165) is 0 Å². The molecule has 2 aromatic carbocycles. The molecule has 0 unspecified atom stereocenters. The molecule has 0 bridgehead atoms. The zero-order chi connectivity index (χ0) is 15.2. The number of carboxylic acids is 1. The fourth-order valence-corrected chi connectivity index (χ4v) is 1.72. The Morgan fingerprint density at radius 3 is 2.33 bits per heavy atom. The van der Waals surface area contributed by atoms with E-state index < -0.39 is 5.97 Å². The van der Waals surface area contributed by atoms with Crippen molar-refractivity contribution >= 4 is 11.8 Å². The van der Waals surface area contributed by atoms with Crippen LogP contribution >= 0.6 is 0 Å². The predicted molar refractivity (Wildman–Crippen MR) is 76.2 cm³/mol. The molecule has 0 amide bonds. The van der Waals surface area contributed by atoms with Crippen LogP contribution in [-0.4, -0.2) is 30.6 Å². The van der Waals surface area contributed by atoms with E-state index in [1.54, 1.807) is 24.3 Å². The highest BCUT2D eigenvalue weighted by atomic mass is 16.5. The van der Waals surface area contributed by atoms with Crippen LogP contribution in [0.3, 0.4) is 0 Å². The average Bonchev–Trinajstić information content (AvgIpc) is 2.53. The SMILES string of the molecule is COc1cccc(C(=O)COc2ccc(C(=O)O)cc2)c1. The van der Waals surface area contributed by atoms with E-state index in [0.29, 0.717) is 17.1 Å². The largest absolute Gasteiger partial charge is 0.497 e. The third-order valence-electron chi connectivity index (χ3n) is 2.86. The maximum atomic E-state index is 12.0. The number of rotatable bonds is 6. The van der Waals surface area contributed by atoms with Crippen molar-refractivity contribution in [3.63, 3.8) is 0 Å². The molecule has 5 heteroatoms. The Morgan fingerprint density at radius 2 is 1.71 bits per heavy atom. The molecule has 2 aromatic rings. The molecule has 0 radical (unpaired) electrons. The minimum Gasteiger partial charge on any atom is -0.497 e. The average molecular weight is 286 g/mol. The molecule has 0 aliphatic carbocycles. The lowest BCUT2D eigenvalue weighted by Crippen LogP contribution is -2.11. The Bertz CT molecular complexity index is 646. The Balaban J connectivity index is 1.98. The summed E-state index contributed by atoms with van der Waals surface area (Å²) in [5.41, 5.74) is 0.665. The molecule has 0 heterocycles. The topological polar surface area (TPSA) is 72.8 Å². The Labute approximate surface area is 121 Å². The van der Waals surface area contributed by atoms with Crippen molar-refractivity contribution < 1.29 is 24.2 Å². The van der Waals surface area contributed by atoms with E-state index in [-0.39, 0.29) is 18.0 Å². The molecule has 0 atom stereocenters. The van der Waals surface area contributed by atoms with E-state index in [1.807, 2.05) is 0 Å². The maximum absolute atomic E-state index is 12.0. The standard InChI is InChI=1S/C16H14O5/c1-20-14-4-2-3-12(9-14)15(17)10-21-13-7-5-11(6-8-13)16(18)19/h2-9H,10H2,1H3,(H,18,19). The summed E-state index contributed by atoms with van der Waals surface area (Å²) in [6.45, 7) is -0.125. The smallest absolute Gasteiger partial charge is 0.335 e. The molecule has 21 heavy (non-hydrogen) atoms. The van der Waals surface area contributed by atoms with Gasteiger partial charge >= 0.3 is 5.97 Å². The van der Waals surface area contributed by atoms with Gasteiger partial charge in [0.05, 0.1) is 12.7 Å². The molecular formula is C16H14O5. The molecule has 0 saturated carbocycles. The lowest BCUT2D eigenvalue weighted by molar-refractivity contribution is 0.0696. The zero-order valence-corrected chi connectivity index (χ0v) is 11.4. The number of carbonyl (C=O) groups is 2. The first-order valence-electron chi connectivity index (χ1n) is 6.23. The molecule has 0 fully saturated rings. The second kappa shape index (κ2) is 6.56. The number of methoxy groups -OCH3 is 1. The van der Waals surface area contributed by atoms with Crippen LogP contribution < -0.4 is 9.47 Å². The van der Waals surface area contributed by atoms with Crippen LogP contribution in [-0.2, 0) is 0 Å². The van der Waals surface area contributed by atoms with Gasteiger partial charge in [-0.3, -0.25) is 4.79 Å². The van der Waals surface area contributed by atoms with Crippen LogP contribution in [0.15, 0.2) is 48.5 Å². The first-order valence-corrected chi connectivity index (χ1v) is 6.23. The van der Waals surface area contributed by atoms with Gasteiger partial charge in [-0.1, -0.05) is 12.1 Å². The molecule has 108 valence electrons. The quantitative estimate of drug-likeness (QED) is 0.826. The Kier molecular flexibility index (Phi) is 4.56. The van der Waals surface area contributed by atoms with Crippen LogP contribution in [0.1, 0.15) is 20.7 Å². The van der Waals surface area contributed by atoms with E-state index in [4.69, 9.17) is 14.6 Å². The summed E-state index contributed by atoms with van der Waals surface area (Å²) < 4.78 is 10.4. The van der Waals surface area contributed by atoms with Crippen LogP contribution in [0.5, 0.6) is 11.5 Å². The first kappa shape index (κ1) is 14.6. The van der Waals surface area contributed by atoms with Gasteiger partial charge in [-0.25, -0.2) is 4.79 Å². The highest BCUT2D eigenvalue weighted by Gasteiger charge is 2.08. The number of ether oxygens (including phenoxy) is 2. The highest BCUT2D eigenvalue weighted by Crippen LogP contribution is 2.15. The summed E-state index contributed by atoms with van der Waals surface area (Å²) in [5.74, 6) is -0.145. The van der Waals surface area contributed by atoms with Crippen LogP contribution in [0, 0.1) is 0 Å². The highest BCUT2D eigenvalue weighted by molar-refractivity contribution is 5.97. The molecule has 0 spiro atoms. The van der Waals surface area contributed by atoms with Gasteiger partial charge in [-0.05, 0) is 36.4 Å². The number of hydrogen-bond acceptors (Lipinski definition) is 4. The van der Waals surface area contributed by atoms with Gasteiger partial charge in [0.25, 0.3) is 0 Å². The molecule has 0 saturated heterocycles. The number of ketones is 1. The lowest BCUT2D eigenvalue weighted by Gasteiger charge is -2.07. The zero-order valence-electron chi connectivity index (χ0n) is 11.4. The molecular weight excluding hydrogens is 272 g/mol. The van der Waals surface area contributed by atoms with Gasteiger partial charge in [0.2, 0.25) is 0 Å². The van der Waals surface area contributed by atoms with Crippen molar-refractivity contribution in [1.29, 1.82) is 0 Å². The summed E-state index contributed by atoms with van der Waals surface area (Å²) in [5, 5.41) is 8.79. The maximum Gasteiger partial charge on any atom is 0.335 e. The van der Waals surface area contributed by atoms with Crippen LogP contribution in [0.25, 0.3) is 0 Å². The van der Waals surface area contributed by atoms with E-state index >= 15 is 0 Å². The molecule has 0 aliphatic rings. The minimum absolute atomic E-state index is 0.125. The second-order valence-corrected chi connectivity index (χ2v) is 4.27. The summed E-state index contributed by atoms with van der Waals surface area (Å²) >= 11 is 0. The first-order chi connectivity index (χ1) is 10.1. The number of carbonyl (C=O) groups excluding carboxylic acids is 1. The number of carboxylic acid groups (broad SMARTS) is 1. The fraction of sp³-hybridized carbons (Fsp3) is 0.125. The summed E-state index contributed by atoms with van der Waals surface area (Å²) in [4.78, 5) is 22.7. The number of hydrogen-bond donors (Lipinski definition) is 1. The minimum atomic E-state index is -1.01. The van der Waals surface area contributed by atoms with Crippen molar-refractivity contribution in [2.45, 2.75) is 0 Å². The van der Waals surface area contributed by atoms with E-state index in [1.165, 1.54) is 31.4 Å². The van der Waals surface area contributed by atoms with Gasteiger partial charge in [0, 0.05) is 5.56 Å². The Hall–Kier alpha value is -2.82. The number of aromatic carboxylic acids is 1. The third-order valence-corrected chi connectivity index (χ3v) is 2.86. The third kappa shape index (κ3) is 3.82. The molecule has 2 rings (SSSR count). The van der Waals surface area contributed by atoms with Gasteiger partial charge in [-0.15, -0.1) is 0 Å². The second-order valence-electron chi connectivity index (χ2n) is 4.27. The summed E-state index contributed by atoms with van der Waals surface area (Å²) in [6, 6.07) is 12.7. The molecule has 0 aliphatic heterocycles. The van der Waals surface area contributed by atoms with Gasteiger partial charge in [0.15, 0.2) is 12.4 Å². The fourth-order valence-electron chi connectivity index (χ4n) is 1.72. The normalized spacial score (nSPS) is 9.95. The van der Waals surface area contributed by atoms with E-state index in [9.17, 15) is 9.59 Å². The summed E-state index contributed by atoms with van der Waals surface area (Å²) in [7, 11) is 1.53. The van der Waals surface area contributed by atoms with Crippen LogP contribution in [0.4, 0.5) is 0 Å². The Morgan fingerprint density at radius 1 is 1.00 bits per heavy atom. The monoisotopic (exact) mass is 286 g/mol. The summed E-state index contributed by atoms with van der Waals surface area (Å²) in [6.07, 6.45) is 0. The van der Waals surface area contributed by atoms with Crippen molar-refractivity contribution in [2.75, 3.05) is 13.7 Å². The van der Waals surface area contributed by atoms with Crippen molar-refractivity contribution in [3.05, 3.63) is 59.7 Å². The predicted octanol–water partition coefficient (Wildman–Crippen LogP) is 2.66. The van der Waals surface area contributed by atoms with Crippen molar-refractivity contribution in [3.8, 4) is 11.5 Å². The van der Waals surface area contributed by atoms with Crippen molar-refractivity contribution in [1.82, 2.24) is 0 Å².